The van der Waals surface area contributed by atoms with Crippen LogP contribution >= 0.6 is 0 Å². The minimum Gasteiger partial charge on any atom is -0.466 e. The number of hydrogen-bond acceptors (Lipinski definition) is 3. The fraction of sp³-hybridized carbons (Fsp3) is 0.550. The Morgan fingerprint density at radius 3 is 2.78 bits per heavy atom. The quantitative estimate of drug-likeness (QED) is 0.553. The number of likely N-dealkylation sites (tertiary alicyclic amines) is 1. The van der Waals surface area contributed by atoms with Gasteiger partial charge in [0.25, 0.3) is 0 Å². The molecular weight excluding hydrogens is 286 g/mol. The molecule has 0 amide bonds. The van der Waals surface area contributed by atoms with E-state index in [1.54, 1.807) is 0 Å². The lowest BCUT2D eigenvalue weighted by Crippen LogP contribution is -2.48. The van der Waals surface area contributed by atoms with Crippen molar-refractivity contribution in [2.24, 2.45) is 5.92 Å². The molecule has 0 saturated carbocycles. The molecule has 1 heterocycles. The maximum Gasteiger partial charge on any atom is 0.310 e. The lowest BCUT2D eigenvalue weighted by atomic mass is 9.86. The zero-order valence-corrected chi connectivity index (χ0v) is 14.4. The summed E-state index contributed by atoms with van der Waals surface area (Å²) >= 11 is 0. The summed E-state index contributed by atoms with van der Waals surface area (Å²) in [7, 11) is 0. The van der Waals surface area contributed by atoms with E-state index >= 15 is 0 Å². The van der Waals surface area contributed by atoms with Crippen LogP contribution in [0, 0.1) is 5.92 Å². The van der Waals surface area contributed by atoms with Crippen LogP contribution in [0.4, 0.5) is 0 Å². The van der Waals surface area contributed by atoms with Gasteiger partial charge in [0, 0.05) is 12.1 Å². The zero-order chi connectivity index (χ0) is 16.7. The van der Waals surface area contributed by atoms with Crippen molar-refractivity contribution >= 4 is 5.97 Å². The second-order valence-electron chi connectivity index (χ2n) is 6.27. The van der Waals surface area contributed by atoms with Crippen molar-refractivity contribution in [3.63, 3.8) is 0 Å². The maximum atomic E-state index is 12.4. The molecule has 3 heteroatoms. The number of allylic oxidation sites excluding steroid dienone is 1. The predicted molar refractivity (Wildman–Crippen MR) is 94.1 cm³/mol. The van der Waals surface area contributed by atoms with E-state index in [2.05, 4.69) is 42.7 Å². The van der Waals surface area contributed by atoms with E-state index in [1.807, 2.05) is 19.1 Å². The van der Waals surface area contributed by atoms with Crippen LogP contribution in [0.15, 0.2) is 43.0 Å². The number of hydrogen-bond donors (Lipinski definition) is 0. The van der Waals surface area contributed by atoms with E-state index in [1.165, 1.54) is 18.4 Å². The van der Waals surface area contributed by atoms with Crippen LogP contribution in [0.25, 0.3) is 0 Å². The summed E-state index contributed by atoms with van der Waals surface area (Å²) in [4.78, 5) is 14.9. The predicted octanol–water partition coefficient (Wildman–Crippen LogP) is 4.36. The fourth-order valence-electron chi connectivity index (χ4n) is 3.65. The van der Waals surface area contributed by atoms with Gasteiger partial charge in [0.1, 0.15) is 0 Å². The molecule has 0 radical (unpaired) electrons. The molecule has 1 aromatic carbocycles. The van der Waals surface area contributed by atoms with Crippen molar-refractivity contribution in [2.75, 3.05) is 13.2 Å². The number of nitrogens with zero attached hydrogens (tertiary/aromatic N) is 1. The minimum atomic E-state index is -0.112. The van der Waals surface area contributed by atoms with Crippen LogP contribution in [0.2, 0.25) is 0 Å². The first-order valence-electron chi connectivity index (χ1n) is 8.77. The Morgan fingerprint density at radius 2 is 2.13 bits per heavy atom. The van der Waals surface area contributed by atoms with E-state index in [9.17, 15) is 4.79 Å². The zero-order valence-electron chi connectivity index (χ0n) is 14.4. The highest BCUT2D eigenvalue weighted by Gasteiger charge is 2.36. The molecule has 1 aromatic rings. The summed E-state index contributed by atoms with van der Waals surface area (Å²) in [5, 5.41) is 0. The topological polar surface area (TPSA) is 29.5 Å². The van der Waals surface area contributed by atoms with Gasteiger partial charge in [0.05, 0.1) is 12.5 Å². The molecule has 1 saturated heterocycles. The Kier molecular flexibility index (Phi) is 6.85. The standard InChI is InChI=1S/C20H29NO2/c1-4-11-18(20(22)23-5-2)19-14-9-10-15-21(19)16(3)17-12-7-6-8-13-17/h4,6-8,12-13,16,18-19H,1,5,9-11,14-15H2,2-3H3/t16-,18+,19+/m0/s1. The Morgan fingerprint density at radius 1 is 1.39 bits per heavy atom. The molecule has 1 fully saturated rings. The van der Waals surface area contributed by atoms with E-state index in [0.29, 0.717) is 19.1 Å². The summed E-state index contributed by atoms with van der Waals surface area (Å²) in [6.07, 6.45) is 5.95. The molecule has 0 N–H and O–H groups in total. The van der Waals surface area contributed by atoms with Crippen molar-refractivity contribution < 1.29 is 9.53 Å². The lowest BCUT2D eigenvalue weighted by Gasteiger charge is -2.43. The third-order valence-electron chi connectivity index (χ3n) is 4.85. The van der Waals surface area contributed by atoms with Gasteiger partial charge < -0.3 is 4.74 Å². The first-order valence-corrected chi connectivity index (χ1v) is 8.77. The largest absolute Gasteiger partial charge is 0.466 e. The number of carbonyl (C=O) groups excluding carboxylic acids is 1. The van der Waals surface area contributed by atoms with Crippen LogP contribution < -0.4 is 0 Å². The molecular formula is C20H29NO2. The Hall–Kier alpha value is -1.61. The van der Waals surface area contributed by atoms with Crippen LogP contribution in [0.5, 0.6) is 0 Å². The Labute approximate surface area is 140 Å². The van der Waals surface area contributed by atoms with Crippen LogP contribution in [-0.4, -0.2) is 30.1 Å². The van der Waals surface area contributed by atoms with Crippen molar-refractivity contribution in [2.45, 2.75) is 51.6 Å². The van der Waals surface area contributed by atoms with Gasteiger partial charge in [-0.05, 0) is 45.2 Å². The van der Waals surface area contributed by atoms with Crippen molar-refractivity contribution in [3.8, 4) is 0 Å². The van der Waals surface area contributed by atoms with Crippen LogP contribution in [-0.2, 0) is 9.53 Å². The van der Waals surface area contributed by atoms with Gasteiger partial charge in [0.15, 0.2) is 0 Å². The molecule has 2 rings (SSSR count). The average molecular weight is 315 g/mol. The first-order chi connectivity index (χ1) is 11.2. The van der Waals surface area contributed by atoms with Crippen LogP contribution in [0.1, 0.15) is 51.1 Å². The van der Waals surface area contributed by atoms with Crippen molar-refractivity contribution in [1.82, 2.24) is 4.90 Å². The maximum absolute atomic E-state index is 12.4. The normalized spacial score (nSPS) is 21.4. The van der Waals surface area contributed by atoms with Gasteiger partial charge in [-0.1, -0.05) is 42.8 Å². The molecule has 0 aromatic heterocycles. The van der Waals surface area contributed by atoms with Gasteiger partial charge in [-0.2, -0.15) is 0 Å². The van der Waals surface area contributed by atoms with Gasteiger partial charge in [-0.3, -0.25) is 9.69 Å². The molecule has 1 aliphatic rings. The molecule has 1 aliphatic heterocycles. The molecule has 0 spiro atoms. The number of esters is 1. The van der Waals surface area contributed by atoms with E-state index in [4.69, 9.17) is 4.74 Å². The number of rotatable bonds is 7. The lowest BCUT2D eigenvalue weighted by molar-refractivity contribution is -0.151. The highest BCUT2D eigenvalue weighted by molar-refractivity contribution is 5.73. The second-order valence-corrected chi connectivity index (χ2v) is 6.27. The van der Waals surface area contributed by atoms with Gasteiger partial charge >= 0.3 is 5.97 Å². The van der Waals surface area contributed by atoms with E-state index in [-0.39, 0.29) is 17.9 Å². The molecule has 23 heavy (non-hydrogen) atoms. The summed E-state index contributed by atoms with van der Waals surface area (Å²) in [6, 6.07) is 11.1. The monoisotopic (exact) mass is 315 g/mol. The van der Waals surface area contributed by atoms with Crippen molar-refractivity contribution in [3.05, 3.63) is 48.6 Å². The number of piperidine rings is 1. The first kappa shape index (κ1) is 17.7. The minimum absolute atomic E-state index is 0.0791. The smallest absolute Gasteiger partial charge is 0.310 e. The van der Waals surface area contributed by atoms with Crippen molar-refractivity contribution in [1.29, 1.82) is 0 Å². The fourth-order valence-corrected chi connectivity index (χ4v) is 3.65. The van der Waals surface area contributed by atoms with Crippen LogP contribution in [0.3, 0.4) is 0 Å². The third-order valence-corrected chi connectivity index (χ3v) is 4.85. The molecule has 0 bridgehead atoms. The SMILES string of the molecule is C=CC[C@@H](C(=O)OCC)[C@H]1CCCCN1[C@@H](C)c1ccccc1. The number of carbonyl (C=O) groups is 1. The van der Waals surface area contributed by atoms with E-state index in [0.717, 1.165) is 13.0 Å². The molecule has 126 valence electrons. The molecule has 3 atom stereocenters. The van der Waals surface area contributed by atoms with Gasteiger partial charge in [-0.15, -0.1) is 6.58 Å². The Balaban J connectivity index is 2.21. The molecule has 3 nitrogen and oxygen atoms in total. The molecule has 0 aliphatic carbocycles. The summed E-state index contributed by atoms with van der Waals surface area (Å²) < 4.78 is 5.33. The number of benzene rings is 1. The highest BCUT2D eigenvalue weighted by atomic mass is 16.5. The summed E-state index contributed by atoms with van der Waals surface area (Å²) in [6.45, 7) is 9.42. The van der Waals surface area contributed by atoms with Gasteiger partial charge in [-0.25, -0.2) is 0 Å². The van der Waals surface area contributed by atoms with E-state index < -0.39 is 0 Å². The molecule has 0 unspecified atom stereocenters. The number of ether oxygens (including phenoxy) is 1. The third kappa shape index (κ3) is 4.44. The van der Waals surface area contributed by atoms with Gasteiger partial charge in [0.2, 0.25) is 0 Å². The summed E-state index contributed by atoms with van der Waals surface area (Å²) in [5.74, 6) is -0.191. The Bertz CT molecular complexity index is 500. The second kappa shape index (κ2) is 8.88. The highest BCUT2D eigenvalue weighted by Crippen LogP contribution is 2.33. The summed E-state index contributed by atoms with van der Waals surface area (Å²) in [5.41, 5.74) is 1.31. The average Bonchev–Trinajstić information content (AvgIpc) is 2.60.